The van der Waals surface area contributed by atoms with Crippen molar-refractivity contribution in [2.75, 3.05) is 33.3 Å². The molecule has 1 heterocycles. The summed E-state index contributed by atoms with van der Waals surface area (Å²) in [5, 5.41) is 5.52. The van der Waals surface area contributed by atoms with Gasteiger partial charge in [0, 0.05) is 13.6 Å². The highest BCUT2D eigenvalue weighted by Gasteiger charge is 2.26. The Morgan fingerprint density at radius 1 is 1.43 bits per heavy atom. The van der Waals surface area contributed by atoms with E-state index in [1.807, 2.05) is 0 Å². The lowest BCUT2D eigenvalue weighted by molar-refractivity contribution is -0.134. The Hall–Kier alpha value is -2.15. The predicted molar refractivity (Wildman–Crippen MR) is 74.3 cm³/mol. The average molecular weight is 295 g/mol. The fraction of sp³-hybridized carbons (Fsp3) is 0.429. The second-order valence-corrected chi connectivity index (χ2v) is 4.80. The molecule has 0 radical (unpaired) electrons. The van der Waals surface area contributed by atoms with Crippen LogP contribution in [0.15, 0.2) is 24.3 Å². The Kier molecular flexibility index (Phi) is 5.10. The largest absolute Gasteiger partial charge is 0.492 e. The zero-order valence-corrected chi connectivity index (χ0v) is 11.8. The van der Waals surface area contributed by atoms with Gasteiger partial charge in [0.15, 0.2) is 0 Å². The Labute approximate surface area is 122 Å². The number of hydrogen-bond donors (Lipinski definition) is 2. The van der Waals surface area contributed by atoms with Crippen LogP contribution in [0.4, 0.5) is 4.39 Å². The average Bonchev–Trinajstić information content (AvgIpc) is 2.49. The maximum absolute atomic E-state index is 12.7. The van der Waals surface area contributed by atoms with Crippen LogP contribution in [0.3, 0.4) is 0 Å². The van der Waals surface area contributed by atoms with Crippen LogP contribution in [0.25, 0.3) is 0 Å². The van der Waals surface area contributed by atoms with Crippen molar-refractivity contribution in [2.45, 2.75) is 6.04 Å². The number of ether oxygens (including phenoxy) is 1. The van der Waals surface area contributed by atoms with Gasteiger partial charge < -0.3 is 15.0 Å². The lowest BCUT2D eigenvalue weighted by atomic mass is 10.2. The van der Waals surface area contributed by atoms with Crippen LogP contribution in [-0.2, 0) is 9.59 Å². The van der Waals surface area contributed by atoms with Crippen molar-refractivity contribution < 1.29 is 18.7 Å². The van der Waals surface area contributed by atoms with E-state index in [-0.39, 0.29) is 24.2 Å². The van der Waals surface area contributed by atoms with Gasteiger partial charge >= 0.3 is 0 Å². The Morgan fingerprint density at radius 2 is 2.14 bits per heavy atom. The van der Waals surface area contributed by atoms with Crippen LogP contribution in [-0.4, -0.2) is 56.0 Å². The Morgan fingerprint density at radius 3 is 2.76 bits per heavy atom. The van der Waals surface area contributed by atoms with Crippen LogP contribution in [0.1, 0.15) is 0 Å². The molecule has 1 aromatic carbocycles. The zero-order valence-electron chi connectivity index (χ0n) is 11.8. The van der Waals surface area contributed by atoms with Gasteiger partial charge in [-0.15, -0.1) is 0 Å². The summed E-state index contributed by atoms with van der Waals surface area (Å²) >= 11 is 0. The SMILES string of the molecule is CN(CCOc1ccc(F)cc1)C(=O)C1CNC(=O)CN1. The molecule has 114 valence electrons. The van der Waals surface area contributed by atoms with Crippen molar-refractivity contribution in [1.82, 2.24) is 15.5 Å². The first-order chi connectivity index (χ1) is 10.1. The topological polar surface area (TPSA) is 70.7 Å². The van der Waals surface area contributed by atoms with Crippen LogP contribution in [0, 0.1) is 5.82 Å². The van der Waals surface area contributed by atoms with E-state index in [2.05, 4.69) is 10.6 Å². The molecule has 2 amide bonds. The molecule has 1 atom stereocenters. The molecule has 1 aromatic rings. The third kappa shape index (κ3) is 4.42. The Bertz CT molecular complexity index is 497. The summed E-state index contributed by atoms with van der Waals surface area (Å²) in [4.78, 5) is 24.6. The molecule has 0 bridgehead atoms. The van der Waals surface area contributed by atoms with E-state index >= 15 is 0 Å². The van der Waals surface area contributed by atoms with Gasteiger partial charge in [-0.1, -0.05) is 0 Å². The van der Waals surface area contributed by atoms with Crippen molar-refractivity contribution in [3.05, 3.63) is 30.1 Å². The summed E-state index contributed by atoms with van der Waals surface area (Å²) in [5.74, 6) is 0.0272. The molecule has 1 saturated heterocycles. The lowest BCUT2D eigenvalue weighted by Crippen LogP contribution is -2.58. The quantitative estimate of drug-likeness (QED) is 0.786. The van der Waals surface area contributed by atoms with Crippen molar-refractivity contribution in [3.8, 4) is 5.75 Å². The van der Waals surface area contributed by atoms with Gasteiger partial charge in [-0.25, -0.2) is 4.39 Å². The number of nitrogens with one attached hydrogen (secondary N) is 2. The second kappa shape index (κ2) is 7.03. The normalized spacial score (nSPS) is 18.0. The summed E-state index contributed by atoms with van der Waals surface area (Å²) in [7, 11) is 1.68. The van der Waals surface area contributed by atoms with Crippen LogP contribution >= 0.6 is 0 Å². The van der Waals surface area contributed by atoms with Crippen molar-refractivity contribution in [2.24, 2.45) is 0 Å². The van der Waals surface area contributed by atoms with Crippen molar-refractivity contribution in [3.63, 3.8) is 0 Å². The first-order valence-electron chi connectivity index (χ1n) is 6.69. The summed E-state index contributed by atoms with van der Waals surface area (Å²) in [6.45, 7) is 1.16. The van der Waals surface area contributed by atoms with E-state index in [4.69, 9.17) is 4.74 Å². The molecule has 2 rings (SSSR count). The first kappa shape index (κ1) is 15.2. The minimum atomic E-state index is -0.404. The number of piperazine rings is 1. The molecule has 0 spiro atoms. The summed E-state index contributed by atoms with van der Waals surface area (Å²) < 4.78 is 18.2. The molecule has 0 saturated carbocycles. The van der Waals surface area contributed by atoms with Gasteiger partial charge in [-0.2, -0.15) is 0 Å². The van der Waals surface area contributed by atoms with E-state index < -0.39 is 6.04 Å². The van der Waals surface area contributed by atoms with E-state index in [9.17, 15) is 14.0 Å². The maximum atomic E-state index is 12.7. The molecule has 0 aliphatic carbocycles. The third-order valence-electron chi connectivity index (χ3n) is 3.20. The van der Waals surface area contributed by atoms with Gasteiger partial charge in [0.25, 0.3) is 0 Å². The molecular weight excluding hydrogens is 277 g/mol. The van der Waals surface area contributed by atoms with Gasteiger partial charge in [-0.3, -0.25) is 14.9 Å². The molecule has 2 N–H and O–H groups in total. The van der Waals surface area contributed by atoms with Gasteiger partial charge in [0.05, 0.1) is 13.1 Å². The van der Waals surface area contributed by atoms with E-state index in [0.29, 0.717) is 25.4 Å². The minimum Gasteiger partial charge on any atom is -0.492 e. The fourth-order valence-electron chi connectivity index (χ4n) is 1.95. The van der Waals surface area contributed by atoms with Crippen LogP contribution in [0.5, 0.6) is 5.75 Å². The zero-order chi connectivity index (χ0) is 15.2. The highest BCUT2D eigenvalue weighted by atomic mass is 19.1. The molecule has 1 unspecified atom stereocenters. The number of carbonyl (C=O) groups is 2. The number of rotatable bonds is 5. The molecule has 21 heavy (non-hydrogen) atoms. The maximum Gasteiger partial charge on any atom is 0.241 e. The highest BCUT2D eigenvalue weighted by molar-refractivity contribution is 5.86. The fourth-order valence-corrected chi connectivity index (χ4v) is 1.95. The molecule has 0 aromatic heterocycles. The van der Waals surface area contributed by atoms with E-state index in [1.54, 1.807) is 11.9 Å². The molecular formula is C14H18FN3O3. The first-order valence-corrected chi connectivity index (χ1v) is 6.69. The molecule has 1 aliphatic rings. The van der Waals surface area contributed by atoms with E-state index in [1.165, 1.54) is 24.3 Å². The van der Waals surface area contributed by atoms with Gasteiger partial charge in [0.2, 0.25) is 11.8 Å². The molecule has 7 heteroatoms. The van der Waals surface area contributed by atoms with Crippen LogP contribution in [0.2, 0.25) is 0 Å². The predicted octanol–water partition coefficient (Wildman–Crippen LogP) is -0.249. The van der Waals surface area contributed by atoms with Gasteiger partial charge in [-0.05, 0) is 24.3 Å². The minimum absolute atomic E-state index is 0.0993. The number of amides is 2. The molecule has 6 nitrogen and oxygen atoms in total. The second-order valence-electron chi connectivity index (χ2n) is 4.80. The highest BCUT2D eigenvalue weighted by Crippen LogP contribution is 2.10. The molecule has 1 fully saturated rings. The van der Waals surface area contributed by atoms with Crippen LogP contribution < -0.4 is 15.4 Å². The van der Waals surface area contributed by atoms with Crippen molar-refractivity contribution in [1.29, 1.82) is 0 Å². The number of likely N-dealkylation sites (N-methyl/N-ethyl adjacent to an activating group) is 1. The third-order valence-corrected chi connectivity index (χ3v) is 3.20. The summed E-state index contributed by atoms with van der Waals surface area (Å²) in [6, 6.07) is 5.31. The Balaban J connectivity index is 1.73. The molecule has 1 aliphatic heterocycles. The lowest BCUT2D eigenvalue weighted by Gasteiger charge is -2.27. The number of benzene rings is 1. The number of carbonyl (C=O) groups excluding carboxylic acids is 2. The van der Waals surface area contributed by atoms with Gasteiger partial charge in [0.1, 0.15) is 24.2 Å². The summed E-state index contributed by atoms with van der Waals surface area (Å²) in [5.41, 5.74) is 0. The standard InChI is InChI=1S/C14H18FN3O3/c1-18(14(20)12-8-17-13(19)9-16-12)6-7-21-11-4-2-10(15)3-5-11/h2-5,12,16H,6-9H2,1H3,(H,17,19). The van der Waals surface area contributed by atoms with E-state index in [0.717, 1.165) is 0 Å². The number of nitrogens with zero attached hydrogens (tertiary/aromatic N) is 1. The smallest absolute Gasteiger partial charge is 0.241 e. The van der Waals surface area contributed by atoms with Crippen molar-refractivity contribution >= 4 is 11.8 Å². The summed E-state index contributed by atoms with van der Waals surface area (Å²) in [6.07, 6.45) is 0. The monoisotopic (exact) mass is 295 g/mol. The number of halogens is 1. The number of hydrogen-bond acceptors (Lipinski definition) is 4.